The van der Waals surface area contributed by atoms with Crippen LogP contribution in [0.3, 0.4) is 0 Å². The van der Waals surface area contributed by atoms with Gasteiger partial charge in [-0.05, 0) is 78.9 Å². The molecule has 1 amide bonds. The molecule has 1 aliphatic heterocycles. The quantitative estimate of drug-likeness (QED) is 0.177. The van der Waals surface area contributed by atoms with Gasteiger partial charge in [0.15, 0.2) is 0 Å². The third-order valence-electron chi connectivity index (χ3n) is 6.36. The van der Waals surface area contributed by atoms with E-state index in [1.807, 2.05) is 6.92 Å². The van der Waals surface area contributed by atoms with Crippen LogP contribution in [0.4, 0.5) is 5.69 Å². The highest BCUT2D eigenvalue weighted by atomic mass is 16.5. The summed E-state index contributed by atoms with van der Waals surface area (Å²) in [6, 6.07) is 14.5. The van der Waals surface area contributed by atoms with E-state index in [1.54, 1.807) is 73.9 Å². The maximum Gasteiger partial charge on any atom is 0.310 e. The van der Waals surface area contributed by atoms with Gasteiger partial charge in [0.1, 0.15) is 11.5 Å². The molecule has 1 atom stereocenters. The van der Waals surface area contributed by atoms with Gasteiger partial charge in [-0.2, -0.15) is 0 Å². The predicted octanol–water partition coefficient (Wildman–Crippen LogP) is 5.16. The number of aliphatic hydroxyl groups excluding tert-OH is 1. The van der Waals surface area contributed by atoms with E-state index in [1.165, 1.54) is 4.90 Å². The first-order valence-electron chi connectivity index (χ1n) is 12.9. The number of esters is 1. The predicted molar refractivity (Wildman–Crippen MR) is 147 cm³/mol. The molecule has 3 aromatic rings. The molecule has 0 radical (unpaired) electrons. The first-order chi connectivity index (χ1) is 18.7. The first kappa shape index (κ1) is 27.6. The number of hydrogen-bond acceptors (Lipinski definition) is 7. The number of ketones is 1. The number of benzene rings is 2. The van der Waals surface area contributed by atoms with E-state index >= 15 is 0 Å². The van der Waals surface area contributed by atoms with Crippen molar-refractivity contribution < 1.29 is 29.0 Å². The molecule has 1 saturated heterocycles. The first-order valence-corrected chi connectivity index (χ1v) is 12.9. The molecule has 0 spiro atoms. The van der Waals surface area contributed by atoms with E-state index in [-0.39, 0.29) is 23.7 Å². The Labute approximate surface area is 227 Å². The number of carbonyl (C=O) groups is 3. The topological polar surface area (TPSA) is 106 Å². The average molecular weight is 529 g/mol. The fraction of sp³-hybridized carbons (Fsp3) is 0.290. The third-order valence-corrected chi connectivity index (χ3v) is 6.36. The highest BCUT2D eigenvalue weighted by molar-refractivity contribution is 6.51. The maximum atomic E-state index is 13.4. The summed E-state index contributed by atoms with van der Waals surface area (Å²) in [6.45, 7) is 8.57. The molecule has 1 N–H and O–H groups in total. The van der Waals surface area contributed by atoms with Crippen molar-refractivity contribution in [3.8, 4) is 5.75 Å². The maximum absolute atomic E-state index is 13.4. The summed E-state index contributed by atoms with van der Waals surface area (Å²) in [5.41, 5.74) is 2.98. The van der Waals surface area contributed by atoms with Crippen molar-refractivity contribution in [1.82, 2.24) is 4.98 Å². The van der Waals surface area contributed by atoms with Crippen molar-refractivity contribution in [1.29, 1.82) is 0 Å². The van der Waals surface area contributed by atoms with Gasteiger partial charge in [0, 0.05) is 23.6 Å². The fourth-order valence-electron chi connectivity index (χ4n) is 4.48. The number of aryl methyl sites for hydroxylation is 1. The van der Waals surface area contributed by atoms with Gasteiger partial charge in [0.25, 0.3) is 11.7 Å². The average Bonchev–Trinajstić information content (AvgIpc) is 3.18. The zero-order valence-electron chi connectivity index (χ0n) is 22.5. The second-order valence-electron chi connectivity index (χ2n) is 9.78. The standard InChI is InChI=1S/C31H32N2O6/c1-5-38-26(34)17-21-6-9-24(10-7-21)33-28(22-12-14-32-15-13-22)27(30(36)31(33)37)29(35)23-8-11-25(20(4)16-23)39-18-19(2)3/h6-16,19,28,35H,5,17-18H2,1-4H3/b29-27-. The van der Waals surface area contributed by atoms with Gasteiger partial charge in [0.05, 0.1) is 31.2 Å². The van der Waals surface area contributed by atoms with Crippen LogP contribution in [0.1, 0.15) is 49.1 Å². The van der Waals surface area contributed by atoms with Crippen molar-refractivity contribution in [3.05, 3.63) is 94.8 Å². The van der Waals surface area contributed by atoms with Crippen LogP contribution in [0.2, 0.25) is 0 Å². The van der Waals surface area contributed by atoms with Crippen LogP contribution in [0.15, 0.2) is 72.6 Å². The Balaban J connectivity index is 1.75. The number of nitrogens with zero attached hydrogens (tertiary/aromatic N) is 2. The number of rotatable bonds is 9. The van der Waals surface area contributed by atoms with Crippen LogP contribution in [-0.2, 0) is 25.5 Å². The minimum atomic E-state index is -0.874. The van der Waals surface area contributed by atoms with E-state index in [4.69, 9.17) is 9.47 Å². The molecule has 2 aromatic carbocycles. The monoisotopic (exact) mass is 528 g/mol. The second-order valence-corrected chi connectivity index (χ2v) is 9.78. The van der Waals surface area contributed by atoms with Gasteiger partial charge >= 0.3 is 5.97 Å². The van der Waals surface area contributed by atoms with Crippen molar-refractivity contribution >= 4 is 29.1 Å². The molecule has 8 nitrogen and oxygen atoms in total. The molecule has 1 aromatic heterocycles. The number of pyridine rings is 1. The number of aromatic nitrogens is 1. The highest BCUT2D eigenvalue weighted by Crippen LogP contribution is 2.42. The van der Waals surface area contributed by atoms with E-state index in [0.717, 1.165) is 5.56 Å². The molecule has 39 heavy (non-hydrogen) atoms. The summed E-state index contributed by atoms with van der Waals surface area (Å²) < 4.78 is 10.9. The molecule has 0 aliphatic carbocycles. The van der Waals surface area contributed by atoms with E-state index < -0.39 is 17.7 Å². The highest BCUT2D eigenvalue weighted by Gasteiger charge is 2.47. The molecular formula is C31H32N2O6. The molecule has 1 unspecified atom stereocenters. The molecule has 2 heterocycles. The van der Waals surface area contributed by atoms with Crippen LogP contribution >= 0.6 is 0 Å². The summed E-state index contributed by atoms with van der Waals surface area (Å²) in [5, 5.41) is 11.4. The van der Waals surface area contributed by atoms with Gasteiger partial charge in [-0.3, -0.25) is 24.3 Å². The summed E-state index contributed by atoms with van der Waals surface area (Å²) in [6.07, 6.45) is 3.24. The smallest absolute Gasteiger partial charge is 0.310 e. The van der Waals surface area contributed by atoms with Crippen molar-refractivity contribution in [3.63, 3.8) is 0 Å². The lowest BCUT2D eigenvalue weighted by molar-refractivity contribution is -0.142. The van der Waals surface area contributed by atoms with Crippen LogP contribution in [0, 0.1) is 12.8 Å². The minimum Gasteiger partial charge on any atom is -0.507 e. The summed E-state index contributed by atoms with van der Waals surface area (Å²) >= 11 is 0. The molecule has 4 rings (SSSR count). The largest absolute Gasteiger partial charge is 0.507 e. The van der Waals surface area contributed by atoms with E-state index in [9.17, 15) is 19.5 Å². The number of anilines is 1. The van der Waals surface area contributed by atoms with Gasteiger partial charge in [-0.1, -0.05) is 26.0 Å². The summed E-state index contributed by atoms with van der Waals surface area (Å²) in [4.78, 5) is 44.1. The number of ether oxygens (including phenoxy) is 2. The lowest BCUT2D eigenvalue weighted by Crippen LogP contribution is -2.29. The zero-order chi connectivity index (χ0) is 28.1. The molecule has 0 saturated carbocycles. The molecule has 1 fully saturated rings. The lowest BCUT2D eigenvalue weighted by Gasteiger charge is -2.25. The SMILES string of the molecule is CCOC(=O)Cc1ccc(N2C(=O)C(=O)/C(=C(\O)c3ccc(OCC(C)C)c(C)c3)C2c2ccncc2)cc1. The van der Waals surface area contributed by atoms with Crippen LogP contribution in [0.25, 0.3) is 5.76 Å². The lowest BCUT2D eigenvalue weighted by atomic mass is 9.95. The van der Waals surface area contributed by atoms with Gasteiger partial charge < -0.3 is 14.6 Å². The van der Waals surface area contributed by atoms with Crippen molar-refractivity contribution in [2.45, 2.75) is 40.2 Å². The summed E-state index contributed by atoms with van der Waals surface area (Å²) in [7, 11) is 0. The Morgan fingerprint density at radius 2 is 1.74 bits per heavy atom. The number of aliphatic hydroxyl groups is 1. The normalized spacial score (nSPS) is 16.5. The number of amides is 1. The van der Waals surface area contributed by atoms with E-state index in [2.05, 4.69) is 18.8 Å². The molecule has 0 bridgehead atoms. The summed E-state index contributed by atoms with van der Waals surface area (Å²) in [5.74, 6) is -1.12. The Bertz CT molecular complexity index is 1400. The zero-order valence-corrected chi connectivity index (χ0v) is 22.5. The van der Waals surface area contributed by atoms with Gasteiger partial charge in [0.2, 0.25) is 0 Å². The van der Waals surface area contributed by atoms with Crippen molar-refractivity contribution in [2.75, 3.05) is 18.1 Å². The van der Waals surface area contributed by atoms with Gasteiger partial charge in [-0.25, -0.2) is 0 Å². The van der Waals surface area contributed by atoms with Crippen LogP contribution < -0.4 is 9.64 Å². The Morgan fingerprint density at radius 1 is 1.05 bits per heavy atom. The van der Waals surface area contributed by atoms with E-state index in [0.29, 0.717) is 47.3 Å². The third kappa shape index (κ3) is 6.00. The minimum absolute atomic E-state index is 0.0166. The molecular weight excluding hydrogens is 496 g/mol. The van der Waals surface area contributed by atoms with Crippen LogP contribution in [0.5, 0.6) is 5.75 Å². The molecule has 8 heteroatoms. The number of carbonyl (C=O) groups excluding carboxylic acids is 3. The number of Topliss-reactive ketones (excluding diaryl/α,β-unsaturated/α-hetero) is 1. The van der Waals surface area contributed by atoms with Crippen molar-refractivity contribution in [2.24, 2.45) is 5.92 Å². The van der Waals surface area contributed by atoms with Gasteiger partial charge in [-0.15, -0.1) is 0 Å². The van der Waals surface area contributed by atoms with Crippen LogP contribution in [-0.4, -0.2) is 41.0 Å². The Morgan fingerprint density at radius 3 is 2.36 bits per heavy atom. The Kier molecular flexibility index (Phi) is 8.44. The number of hydrogen-bond donors (Lipinski definition) is 1. The fourth-order valence-corrected chi connectivity index (χ4v) is 4.48. The molecule has 1 aliphatic rings. The Hall–Kier alpha value is -4.46. The molecule has 202 valence electrons. The second kappa shape index (κ2) is 11.9.